The Morgan fingerprint density at radius 3 is 2.57 bits per heavy atom. The van der Waals surface area contributed by atoms with Crippen LogP contribution in [0, 0.1) is 0 Å². The van der Waals surface area contributed by atoms with Crippen LogP contribution in [-0.2, 0) is 11.2 Å². The van der Waals surface area contributed by atoms with Crippen molar-refractivity contribution in [3.8, 4) is 11.5 Å². The molecule has 0 aliphatic heterocycles. The van der Waals surface area contributed by atoms with E-state index in [-0.39, 0.29) is 17.4 Å². The number of nitrogens with zero attached hydrogens (tertiary/aromatic N) is 1. The Hall–Kier alpha value is -1.79. The smallest absolute Gasteiger partial charge is 0.237 e. The van der Waals surface area contributed by atoms with Crippen LogP contribution in [0.3, 0.4) is 0 Å². The first-order valence-electron chi connectivity index (χ1n) is 7.05. The molecule has 0 aliphatic rings. The van der Waals surface area contributed by atoms with Gasteiger partial charge in [-0.2, -0.15) is 0 Å². The number of rotatable bonds is 7. The topological polar surface area (TPSA) is 98.8 Å². The Balaban J connectivity index is 2.42. The molecule has 21 heavy (non-hydrogen) atoms. The van der Waals surface area contributed by atoms with Crippen molar-refractivity contribution in [3.63, 3.8) is 0 Å². The van der Waals surface area contributed by atoms with Gasteiger partial charge in [0.15, 0.2) is 11.5 Å². The number of likely N-dealkylation sites (N-methyl/N-ethyl adjacent to an activating group) is 1. The summed E-state index contributed by atoms with van der Waals surface area (Å²) < 4.78 is 0. The molecule has 6 nitrogen and oxygen atoms in total. The highest BCUT2D eigenvalue weighted by Gasteiger charge is 2.15. The Morgan fingerprint density at radius 1 is 1.33 bits per heavy atom. The van der Waals surface area contributed by atoms with Crippen molar-refractivity contribution in [2.24, 2.45) is 5.73 Å². The summed E-state index contributed by atoms with van der Waals surface area (Å²) in [7, 11) is 2.00. The molecule has 5 N–H and O–H groups in total. The summed E-state index contributed by atoms with van der Waals surface area (Å²) in [6, 6.07) is 4.17. The van der Waals surface area contributed by atoms with Crippen LogP contribution in [0.1, 0.15) is 19.4 Å². The molecule has 0 radical (unpaired) electrons. The highest BCUT2D eigenvalue weighted by atomic mass is 16.3. The van der Waals surface area contributed by atoms with E-state index >= 15 is 0 Å². The third-order valence-electron chi connectivity index (χ3n) is 3.48. The zero-order valence-electron chi connectivity index (χ0n) is 12.8. The lowest BCUT2D eigenvalue weighted by Crippen LogP contribution is -2.44. The van der Waals surface area contributed by atoms with Gasteiger partial charge in [-0.1, -0.05) is 6.07 Å². The van der Waals surface area contributed by atoms with Crippen LogP contribution in [0.5, 0.6) is 11.5 Å². The highest BCUT2D eigenvalue weighted by Crippen LogP contribution is 2.25. The van der Waals surface area contributed by atoms with E-state index in [9.17, 15) is 15.0 Å². The summed E-state index contributed by atoms with van der Waals surface area (Å²) in [6.45, 7) is 5.48. The zero-order valence-corrected chi connectivity index (χ0v) is 12.8. The second-order valence-electron chi connectivity index (χ2n) is 5.50. The molecule has 0 spiro atoms. The van der Waals surface area contributed by atoms with E-state index < -0.39 is 6.04 Å². The van der Waals surface area contributed by atoms with E-state index in [1.807, 2.05) is 7.05 Å². The van der Waals surface area contributed by atoms with Crippen molar-refractivity contribution in [1.29, 1.82) is 0 Å². The number of hydrogen-bond donors (Lipinski definition) is 4. The van der Waals surface area contributed by atoms with Crippen molar-refractivity contribution < 1.29 is 15.0 Å². The van der Waals surface area contributed by atoms with E-state index in [1.165, 1.54) is 12.1 Å². The number of aromatic hydroxyl groups is 2. The van der Waals surface area contributed by atoms with Crippen LogP contribution in [0.4, 0.5) is 0 Å². The lowest BCUT2D eigenvalue weighted by Gasteiger charge is -2.21. The number of benzene rings is 1. The number of carbonyl (C=O) groups excluding carboxylic acids is 1. The summed E-state index contributed by atoms with van der Waals surface area (Å²) in [4.78, 5) is 14.0. The first-order valence-corrected chi connectivity index (χ1v) is 7.05. The van der Waals surface area contributed by atoms with Crippen molar-refractivity contribution in [2.45, 2.75) is 32.4 Å². The average molecular weight is 295 g/mol. The molecule has 1 rings (SSSR count). The maximum Gasteiger partial charge on any atom is 0.237 e. The lowest BCUT2D eigenvalue weighted by atomic mass is 10.1. The van der Waals surface area contributed by atoms with Gasteiger partial charge in [0.25, 0.3) is 0 Å². The van der Waals surface area contributed by atoms with E-state index in [1.54, 1.807) is 6.07 Å². The largest absolute Gasteiger partial charge is 0.504 e. The van der Waals surface area contributed by atoms with Crippen LogP contribution >= 0.6 is 0 Å². The van der Waals surface area contributed by atoms with Crippen LogP contribution in [0.25, 0.3) is 0 Å². The summed E-state index contributed by atoms with van der Waals surface area (Å²) in [5.41, 5.74) is 6.55. The molecule has 0 heterocycles. The fourth-order valence-electron chi connectivity index (χ4n) is 1.79. The van der Waals surface area contributed by atoms with E-state index in [2.05, 4.69) is 24.1 Å². The molecule has 0 fully saturated rings. The maximum atomic E-state index is 11.9. The summed E-state index contributed by atoms with van der Waals surface area (Å²) in [6.07, 6.45) is 0.305. The van der Waals surface area contributed by atoms with E-state index in [0.717, 1.165) is 6.54 Å². The Labute approximate surface area is 125 Å². The van der Waals surface area contributed by atoms with Crippen LogP contribution in [0.15, 0.2) is 18.2 Å². The molecule has 6 heteroatoms. The van der Waals surface area contributed by atoms with Gasteiger partial charge in [-0.05, 0) is 45.0 Å². The quantitative estimate of drug-likeness (QED) is 0.547. The number of hydrogen-bond acceptors (Lipinski definition) is 5. The maximum absolute atomic E-state index is 11.9. The summed E-state index contributed by atoms with van der Waals surface area (Å²) >= 11 is 0. The van der Waals surface area contributed by atoms with Gasteiger partial charge >= 0.3 is 0 Å². The zero-order chi connectivity index (χ0) is 16.0. The molecule has 0 saturated heterocycles. The number of nitrogens with one attached hydrogen (secondary N) is 1. The lowest BCUT2D eigenvalue weighted by molar-refractivity contribution is -0.122. The normalized spacial score (nSPS) is 12.7. The van der Waals surface area contributed by atoms with Gasteiger partial charge in [0.2, 0.25) is 5.91 Å². The van der Waals surface area contributed by atoms with Crippen molar-refractivity contribution >= 4 is 5.91 Å². The van der Waals surface area contributed by atoms with Crippen molar-refractivity contribution in [2.75, 3.05) is 20.1 Å². The van der Waals surface area contributed by atoms with Crippen LogP contribution in [-0.4, -0.2) is 53.2 Å². The van der Waals surface area contributed by atoms with E-state index in [4.69, 9.17) is 5.73 Å². The molecule has 0 aliphatic carbocycles. The van der Waals surface area contributed by atoms with Gasteiger partial charge in [0, 0.05) is 19.1 Å². The number of phenolic OH excluding ortho intramolecular Hbond substituents is 2. The first kappa shape index (κ1) is 17.3. The van der Waals surface area contributed by atoms with Crippen molar-refractivity contribution in [1.82, 2.24) is 10.2 Å². The Bertz CT molecular complexity index is 477. The minimum absolute atomic E-state index is 0.187. The number of nitrogens with two attached hydrogens (primary N) is 1. The fourth-order valence-corrected chi connectivity index (χ4v) is 1.79. The number of carbonyl (C=O) groups is 1. The highest BCUT2D eigenvalue weighted by molar-refractivity contribution is 5.81. The summed E-state index contributed by atoms with van der Waals surface area (Å²) in [5.74, 6) is -0.619. The minimum atomic E-state index is -0.682. The van der Waals surface area contributed by atoms with Gasteiger partial charge in [-0.25, -0.2) is 0 Å². The van der Waals surface area contributed by atoms with Crippen molar-refractivity contribution in [3.05, 3.63) is 23.8 Å². The van der Waals surface area contributed by atoms with Crippen LogP contribution < -0.4 is 11.1 Å². The van der Waals surface area contributed by atoms with Gasteiger partial charge in [0.05, 0.1) is 6.04 Å². The average Bonchev–Trinajstić information content (AvgIpc) is 2.42. The predicted molar refractivity (Wildman–Crippen MR) is 82.2 cm³/mol. The number of amides is 1. The van der Waals surface area contributed by atoms with Gasteiger partial charge in [-0.15, -0.1) is 0 Å². The molecule has 118 valence electrons. The molecule has 0 bridgehead atoms. The Kier molecular flexibility index (Phi) is 6.45. The SMILES string of the molecule is CC(C)N(C)CCNC(=O)[C@@H](N)Cc1ccc(O)c(O)c1. The number of phenols is 2. The second-order valence-corrected chi connectivity index (χ2v) is 5.50. The third kappa shape index (κ3) is 5.61. The van der Waals surface area contributed by atoms with E-state index in [0.29, 0.717) is 24.6 Å². The predicted octanol–water partition coefficient (Wildman–Crippen LogP) is 0.424. The monoisotopic (exact) mass is 295 g/mol. The van der Waals surface area contributed by atoms with Crippen LogP contribution in [0.2, 0.25) is 0 Å². The Morgan fingerprint density at radius 2 is 2.00 bits per heavy atom. The third-order valence-corrected chi connectivity index (χ3v) is 3.48. The molecule has 0 unspecified atom stereocenters. The van der Waals surface area contributed by atoms with Gasteiger partial charge < -0.3 is 26.2 Å². The first-order chi connectivity index (χ1) is 9.81. The second kappa shape index (κ2) is 7.85. The van der Waals surface area contributed by atoms with Gasteiger partial charge in [-0.3, -0.25) is 4.79 Å². The molecular formula is C15H25N3O3. The minimum Gasteiger partial charge on any atom is -0.504 e. The molecule has 1 amide bonds. The van der Waals surface area contributed by atoms with Gasteiger partial charge in [0.1, 0.15) is 0 Å². The molecule has 1 atom stereocenters. The molecule has 1 aromatic rings. The molecule has 0 saturated carbocycles. The summed E-state index contributed by atoms with van der Waals surface area (Å²) in [5, 5.41) is 21.4. The fraction of sp³-hybridized carbons (Fsp3) is 0.533. The molecule has 0 aromatic heterocycles. The molecule has 1 aromatic carbocycles. The molecular weight excluding hydrogens is 270 g/mol. The standard InChI is InChI=1S/C15H25N3O3/c1-10(2)18(3)7-6-17-15(21)12(16)8-11-4-5-13(19)14(20)9-11/h4-5,9-10,12,19-20H,6-8,16H2,1-3H3,(H,17,21)/t12-/m0/s1.